The second-order valence-corrected chi connectivity index (χ2v) is 4.04. The molecule has 0 aromatic carbocycles. The quantitative estimate of drug-likeness (QED) is 0.643. The molecule has 1 aliphatic rings. The van der Waals surface area contributed by atoms with Gasteiger partial charge in [0, 0.05) is 12.1 Å². The van der Waals surface area contributed by atoms with Gasteiger partial charge >= 0.3 is 0 Å². The van der Waals surface area contributed by atoms with E-state index in [1.165, 1.54) is 0 Å². The van der Waals surface area contributed by atoms with E-state index in [-0.39, 0.29) is 0 Å². The Bertz CT molecular complexity index is 195. The van der Waals surface area contributed by atoms with Crippen LogP contribution in [0, 0.1) is 11.3 Å². The maximum atomic E-state index is 8.88. The number of likely N-dealkylation sites (tertiary alicyclic amines) is 1. The van der Waals surface area contributed by atoms with E-state index in [1.54, 1.807) is 0 Å². The molecule has 0 amide bonds. The summed E-state index contributed by atoms with van der Waals surface area (Å²) in [5, 5.41) is 8.88. The molecule has 0 bridgehead atoms. The molecule has 2 N–H and O–H groups in total. The molecule has 1 rings (SSSR count). The molecular formula is C11H23N3. The molecule has 0 radical (unpaired) electrons. The standard InChI is InChI=1S/C9H17N3.C2H6/c1-7-4-9(11,6-10)5-8(2)12(7)3;1-2/h7-8H,4-5,11H2,1-3H3;1-2H3. The zero-order valence-corrected chi connectivity index (χ0v) is 10.0. The van der Waals surface area contributed by atoms with Crippen LogP contribution in [0.15, 0.2) is 0 Å². The lowest BCUT2D eigenvalue weighted by Crippen LogP contribution is -2.55. The predicted octanol–water partition coefficient (Wildman–Crippen LogP) is 1.74. The summed E-state index contributed by atoms with van der Waals surface area (Å²) in [7, 11) is 2.09. The number of hydrogen-bond donors (Lipinski definition) is 1. The van der Waals surface area contributed by atoms with E-state index in [2.05, 4.69) is 31.9 Å². The first-order valence-corrected chi connectivity index (χ1v) is 5.40. The summed E-state index contributed by atoms with van der Waals surface area (Å²) in [5.74, 6) is 0. The molecule has 0 saturated carbocycles. The molecule has 0 aromatic rings. The zero-order chi connectivity index (χ0) is 11.4. The highest BCUT2D eigenvalue weighted by molar-refractivity contribution is 5.10. The molecule has 2 unspecified atom stereocenters. The summed E-state index contributed by atoms with van der Waals surface area (Å²) in [6.45, 7) is 8.24. The SMILES string of the molecule is CC.CC1CC(N)(C#N)CC(C)N1C. The second-order valence-electron chi connectivity index (χ2n) is 4.04. The monoisotopic (exact) mass is 197 g/mol. The highest BCUT2D eigenvalue weighted by Crippen LogP contribution is 2.27. The molecule has 3 heteroatoms. The van der Waals surface area contributed by atoms with Gasteiger partial charge in [-0.05, 0) is 33.7 Å². The lowest BCUT2D eigenvalue weighted by Gasteiger charge is -2.42. The number of nitriles is 1. The van der Waals surface area contributed by atoms with Crippen molar-refractivity contribution in [3.63, 3.8) is 0 Å². The number of piperidine rings is 1. The van der Waals surface area contributed by atoms with Crippen LogP contribution in [0.3, 0.4) is 0 Å². The normalized spacial score (nSPS) is 38.1. The Morgan fingerprint density at radius 1 is 1.29 bits per heavy atom. The van der Waals surface area contributed by atoms with Crippen molar-refractivity contribution < 1.29 is 0 Å². The second kappa shape index (κ2) is 5.33. The van der Waals surface area contributed by atoms with Crippen LogP contribution in [0.5, 0.6) is 0 Å². The van der Waals surface area contributed by atoms with Crippen LogP contribution in [0.25, 0.3) is 0 Å². The van der Waals surface area contributed by atoms with Crippen LogP contribution in [-0.4, -0.2) is 29.6 Å². The molecule has 2 atom stereocenters. The van der Waals surface area contributed by atoms with E-state index in [0.717, 1.165) is 12.8 Å². The average molecular weight is 197 g/mol. The van der Waals surface area contributed by atoms with Gasteiger partial charge in [0.05, 0.1) is 6.07 Å². The maximum absolute atomic E-state index is 8.88. The van der Waals surface area contributed by atoms with Crippen LogP contribution in [0.1, 0.15) is 40.5 Å². The third-order valence-corrected chi connectivity index (χ3v) is 2.93. The van der Waals surface area contributed by atoms with Gasteiger partial charge in [0.15, 0.2) is 0 Å². The number of nitrogens with two attached hydrogens (primary N) is 1. The molecule has 14 heavy (non-hydrogen) atoms. The van der Waals surface area contributed by atoms with Gasteiger partial charge in [-0.1, -0.05) is 13.8 Å². The summed E-state index contributed by atoms with van der Waals surface area (Å²) in [5.41, 5.74) is 5.32. The Balaban J connectivity index is 0.000000791. The van der Waals surface area contributed by atoms with Gasteiger partial charge in [-0.3, -0.25) is 0 Å². The summed E-state index contributed by atoms with van der Waals surface area (Å²) >= 11 is 0. The molecule has 1 fully saturated rings. The zero-order valence-electron chi connectivity index (χ0n) is 10.0. The minimum atomic E-state index is -0.592. The first-order chi connectivity index (χ1) is 6.48. The van der Waals surface area contributed by atoms with Gasteiger partial charge in [-0.25, -0.2) is 0 Å². The van der Waals surface area contributed by atoms with Crippen molar-refractivity contribution in [1.82, 2.24) is 4.90 Å². The summed E-state index contributed by atoms with van der Waals surface area (Å²) in [6.07, 6.45) is 1.56. The molecule has 1 aliphatic heterocycles. The molecule has 1 saturated heterocycles. The number of nitrogens with zero attached hydrogens (tertiary/aromatic N) is 2. The third-order valence-electron chi connectivity index (χ3n) is 2.93. The largest absolute Gasteiger partial charge is 0.313 e. The van der Waals surface area contributed by atoms with Crippen molar-refractivity contribution in [2.24, 2.45) is 5.73 Å². The lowest BCUT2D eigenvalue weighted by molar-refractivity contribution is 0.102. The third kappa shape index (κ3) is 2.97. The minimum absolute atomic E-state index is 0.415. The van der Waals surface area contributed by atoms with Crippen molar-refractivity contribution in [3.8, 4) is 6.07 Å². The Labute approximate surface area is 87.9 Å². The van der Waals surface area contributed by atoms with E-state index >= 15 is 0 Å². The van der Waals surface area contributed by atoms with Crippen LogP contribution >= 0.6 is 0 Å². The van der Waals surface area contributed by atoms with Crippen molar-refractivity contribution in [3.05, 3.63) is 0 Å². The molecule has 3 nitrogen and oxygen atoms in total. The van der Waals surface area contributed by atoms with E-state index in [4.69, 9.17) is 11.0 Å². The number of rotatable bonds is 0. The van der Waals surface area contributed by atoms with Gasteiger partial charge in [0.25, 0.3) is 0 Å². The van der Waals surface area contributed by atoms with E-state index < -0.39 is 5.54 Å². The maximum Gasteiger partial charge on any atom is 0.107 e. The molecule has 0 spiro atoms. The number of hydrogen-bond acceptors (Lipinski definition) is 3. The average Bonchev–Trinajstić information content (AvgIpc) is 2.17. The molecular weight excluding hydrogens is 174 g/mol. The smallest absolute Gasteiger partial charge is 0.107 e. The van der Waals surface area contributed by atoms with Crippen molar-refractivity contribution >= 4 is 0 Å². The highest BCUT2D eigenvalue weighted by Gasteiger charge is 2.37. The van der Waals surface area contributed by atoms with Crippen molar-refractivity contribution in [1.29, 1.82) is 5.26 Å². The van der Waals surface area contributed by atoms with Gasteiger partial charge in [0.1, 0.15) is 5.54 Å². The Morgan fingerprint density at radius 3 is 1.93 bits per heavy atom. The topological polar surface area (TPSA) is 53.1 Å². The van der Waals surface area contributed by atoms with Crippen LogP contribution in [0.4, 0.5) is 0 Å². The van der Waals surface area contributed by atoms with Crippen molar-refractivity contribution in [2.75, 3.05) is 7.05 Å². The van der Waals surface area contributed by atoms with Crippen molar-refractivity contribution in [2.45, 2.75) is 58.2 Å². The van der Waals surface area contributed by atoms with E-state index in [1.807, 2.05) is 13.8 Å². The molecule has 82 valence electrons. The molecule has 1 heterocycles. The predicted molar refractivity (Wildman–Crippen MR) is 59.8 cm³/mol. The van der Waals surface area contributed by atoms with Crippen LogP contribution in [-0.2, 0) is 0 Å². The van der Waals surface area contributed by atoms with Gasteiger partial charge in [-0.15, -0.1) is 0 Å². The van der Waals surface area contributed by atoms with Gasteiger partial charge in [0.2, 0.25) is 0 Å². The van der Waals surface area contributed by atoms with Crippen LogP contribution in [0.2, 0.25) is 0 Å². The fourth-order valence-electron chi connectivity index (χ4n) is 1.95. The fraction of sp³-hybridized carbons (Fsp3) is 0.909. The first-order valence-electron chi connectivity index (χ1n) is 5.40. The Hall–Kier alpha value is -0.590. The molecule has 0 aliphatic carbocycles. The van der Waals surface area contributed by atoms with E-state index in [9.17, 15) is 0 Å². The first kappa shape index (κ1) is 13.4. The fourth-order valence-corrected chi connectivity index (χ4v) is 1.95. The minimum Gasteiger partial charge on any atom is -0.313 e. The summed E-state index contributed by atoms with van der Waals surface area (Å²) < 4.78 is 0. The highest BCUT2D eigenvalue weighted by atomic mass is 15.2. The van der Waals surface area contributed by atoms with Gasteiger partial charge in [-0.2, -0.15) is 5.26 Å². The molecule has 0 aromatic heterocycles. The Kier molecular flexibility index (Phi) is 5.11. The van der Waals surface area contributed by atoms with Gasteiger partial charge < -0.3 is 10.6 Å². The summed E-state index contributed by atoms with van der Waals surface area (Å²) in [6, 6.07) is 3.04. The van der Waals surface area contributed by atoms with E-state index in [0.29, 0.717) is 12.1 Å². The lowest BCUT2D eigenvalue weighted by atomic mass is 9.82. The Morgan fingerprint density at radius 2 is 1.64 bits per heavy atom. The summed E-state index contributed by atoms with van der Waals surface area (Å²) in [4.78, 5) is 2.28. The van der Waals surface area contributed by atoms with Crippen LogP contribution < -0.4 is 5.73 Å².